The summed E-state index contributed by atoms with van der Waals surface area (Å²) in [5.41, 5.74) is 0.873. The number of hydrogen-bond acceptors (Lipinski definition) is 8. The molecular weight excluding hydrogens is 428 g/mol. The van der Waals surface area contributed by atoms with Crippen LogP contribution in [0.15, 0.2) is 53.4 Å². The molecule has 31 heavy (non-hydrogen) atoms. The third-order valence-electron chi connectivity index (χ3n) is 4.60. The van der Waals surface area contributed by atoms with Gasteiger partial charge in [-0.15, -0.1) is 0 Å². The van der Waals surface area contributed by atoms with E-state index in [4.69, 9.17) is 4.74 Å². The minimum absolute atomic E-state index is 0.221. The first-order valence-electron chi connectivity index (χ1n) is 9.11. The molecule has 2 aromatic rings. The largest absolute Gasteiger partial charge is 0.468 e. The Balaban J connectivity index is 2.21. The summed E-state index contributed by atoms with van der Waals surface area (Å²) in [6.45, 7) is 1.67. The zero-order chi connectivity index (χ0) is 23.2. The normalized spacial score (nSPS) is 13.1. The van der Waals surface area contributed by atoms with E-state index in [1.54, 1.807) is 31.2 Å². The summed E-state index contributed by atoms with van der Waals surface area (Å²) < 4.78 is 37.1. The Labute approximate surface area is 179 Å². The number of benzene rings is 2. The number of esters is 2. The highest BCUT2D eigenvalue weighted by Gasteiger charge is 2.31. The van der Waals surface area contributed by atoms with E-state index in [1.807, 2.05) is 0 Å². The minimum atomic E-state index is -4.15. The quantitative estimate of drug-likeness (QED) is 0.348. The van der Waals surface area contributed by atoms with Gasteiger partial charge >= 0.3 is 11.9 Å². The average Bonchev–Trinajstić information content (AvgIpc) is 2.76. The molecule has 166 valence electrons. The molecule has 0 heterocycles. The molecular formula is C20H22N2O8S. The molecule has 2 atom stereocenters. The van der Waals surface area contributed by atoms with Crippen LogP contribution in [0.3, 0.4) is 0 Å². The van der Waals surface area contributed by atoms with Crippen molar-refractivity contribution in [3.05, 3.63) is 69.8 Å². The number of sulfonamides is 1. The van der Waals surface area contributed by atoms with Gasteiger partial charge in [0, 0.05) is 12.1 Å². The van der Waals surface area contributed by atoms with E-state index in [0.29, 0.717) is 12.0 Å². The maximum atomic E-state index is 12.7. The highest BCUT2D eigenvalue weighted by molar-refractivity contribution is 7.89. The van der Waals surface area contributed by atoms with E-state index in [0.717, 1.165) is 36.9 Å². The second-order valence-electron chi connectivity index (χ2n) is 6.74. The fraction of sp³-hybridized carbons (Fsp3) is 0.300. The van der Waals surface area contributed by atoms with Crippen molar-refractivity contribution in [3.8, 4) is 0 Å². The first-order chi connectivity index (χ1) is 14.6. The number of carbonyl (C=O) groups is 2. The topological polar surface area (TPSA) is 142 Å². The average molecular weight is 450 g/mol. The Morgan fingerprint density at radius 3 is 2.10 bits per heavy atom. The maximum Gasteiger partial charge on any atom is 0.337 e. The summed E-state index contributed by atoms with van der Waals surface area (Å²) in [6.07, 6.45) is 0.310. The van der Waals surface area contributed by atoms with Crippen molar-refractivity contribution in [1.82, 2.24) is 4.72 Å². The van der Waals surface area contributed by atoms with Crippen molar-refractivity contribution in [2.75, 3.05) is 14.2 Å². The Hall–Kier alpha value is -3.31. The minimum Gasteiger partial charge on any atom is -0.468 e. The lowest BCUT2D eigenvalue weighted by Crippen LogP contribution is -2.46. The fourth-order valence-corrected chi connectivity index (χ4v) is 4.18. The van der Waals surface area contributed by atoms with E-state index >= 15 is 0 Å². The van der Waals surface area contributed by atoms with Crippen molar-refractivity contribution in [2.24, 2.45) is 5.92 Å². The number of nitro groups is 1. The molecule has 0 aliphatic rings. The van der Waals surface area contributed by atoms with Crippen molar-refractivity contribution < 1.29 is 32.4 Å². The van der Waals surface area contributed by atoms with E-state index < -0.39 is 38.8 Å². The predicted octanol–water partition coefficient (Wildman–Crippen LogP) is 2.08. The molecule has 0 aliphatic heterocycles. The van der Waals surface area contributed by atoms with Gasteiger partial charge in [-0.1, -0.05) is 19.1 Å². The van der Waals surface area contributed by atoms with Crippen LogP contribution in [0.4, 0.5) is 5.69 Å². The van der Waals surface area contributed by atoms with Gasteiger partial charge in [0.2, 0.25) is 10.0 Å². The first-order valence-corrected chi connectivity index (χ1v) is 10.6. The van der Waals surface area contributed by atoms with Gasteiger partial charge in [0.1, 0.15) is 6.04 Å². The highest BCUT2D eigenvalue weighted by atomic mass is 32.2. The molecule has 2 rings (SSSR count). The fourth-order valence-electron chi connectivity index (χ4n) is 2.89. The number of non-ortho nitro benzene ring substituents is 1. The highest BCUT2D eigenvalue weighted by Crippen LogP contribution is 2.19. The second-order valence-corrected chi connectivity index (χ2v) is 8.46. The van der Waals surface area contributed by atoms with Crippen LogP contribution < -0.4 is 4.72 Å². The van der Waals surface area contributed by atoms with Crippen LogP contribution in [-0.2, 0) is 30.7 Å². The van der Waals surface area contributed by atoms with Gasteiger partial charge < -0.3 is 9.47 Å². The third-order valence-corrected chi connectivity index (χ3v) is 6.05. The smallest absolute Gasteiger partial charge is 0.337 e. The zero-order valence-electron chi connectivity index (χ0n) is 17.1. The zero-order valence-corrected chi connectivity index (χ0v) is 17.9. The van der Waals surface area contributed by atoms with Gasteiger partial charge in [0.05, 0.1) is 29.6 Å². The van der Waals surface area contributed by atoms with Gasteiger partial charge in [0.15, 0.2) is 0 Å². The monoisotopic (exact) mass is 450 g/mol. The van der Waals surface area contributed by atoms with E-state index in [1.165, 1.54) is 7.11 Å². The van der Waals surface area contributed by atoms with Crippen LogP contribution >= 0.6 is 0 Å². The molecule has 2 aromatic carbocycles. The molecule has 0 aromatic heterocycles. The Morgan fingerprint density at radius 2 is 1.61 bits per heavy atom. The number of carbonyl (C=O) groups excluding carboxylic acids is 2. The Morgan fingerprint density at radius 1 is 1.03 bits per heavy atom. The van der Waals surface area contributed by atoms with Gasteiger partial charge in [-0.3, -0.25) is 14.9 Å². The maximum absolute atomic E-state index is 12.7. The van der Waals surface area contributed by atoms with Crippen LogP contribution in [0.5, 0.6) is 0 Å². The van der Waals surface area contributed by atoms with Crippen molar-refractivity contribution >= 4 is 27.6 Å². The van der Waals surface area contributed by atoms with Crippen LogP contribution in [0.25, 0.3) is 0 Å². The second kappa shape index (κ2) is 10.1. The van der Waals surface area contributed by atoms with Crippen LogP contribution in [-0.4, -0.2) is 45.5 Å². The van der Waals surface area contributed by atoms with Crippen LogP contribution in [0.1, 0.15) is 22.8 Å². The molecule has 10 nitrogen and oxygen atoms in total. The Bertz CT molecular complexity index is 1050. The summed E-state index contributed by atoms with van der Waals surface area (Å²) in [5, 5.41) is 10.8. The third kappa shape index (κ3) is 6.09. The molecule has 0 bridgehead atoms. The molecule has 11 heteroatoms. The molecule has 0 aliphatic carbocycles. The van der Waals surface area contributed by atoms with Gasteiger partial charge in [-0.25, -0.2) is 13.2 Å². The number of nitrogens with one attached hydrogen (secondary N) is 1. The van der Waals surface area contributed by atoms with Crippen LogP contribution in [0, 0.1) is 16.0 Å². The van der Waals surface area contributed by atoms with E-state index in [2.05, 4.69) is 9.46 Å². The van der Waals surface area contributed by atoms with E-state index in [9.17, 15) is 28.1 Å². The standard InChI is InChI=1S/C20H22N2O8S/c1-13(12-14-4-6-15(7-5-14)19(23)29-2)18(20(24)30-3)21-31(27,28)17-10-8-16(9-11-17)22(25)26/h4-11,13,18,21H,12H2,1-3H3/t13-,18-/m0/s1. The number of rotatable bonds is 9. The first kappa shape index (κ1) is 24.0. The van der Waals surface area contributed by atoms with Crippen molar-refractivity contribution in [3.63, 3.8) is 0 Å². The molecule has 0 amide bonds. The SMILES string of the molecule is COC(=O)c1ccc(C[C@H](C)[C@H](NS(=O)(=O)c2ccc([N+](=O)[O-])cc2)C(=O)OC)cc1. The number of nitrogens with zero attached hydrogens (tertiary/aromatic N) is 1. The lowest BCUT2D eigenvalue weighted by molar-refractivity contribution is -0.384. The number of hydrogen-bond donors (Lipinski definition) is 1. The van der Waals surface area contributed by atoms with Gasteiger partial charge in [0.25, 0.3) is 5.69 Å². The summed E-state index contributed by atoms with van der Waals surface area (Å²) >= 11 is 0. The lowest BCUT2D eigenvalue weighted by atomic mass is 9.94. The molecule has 0 unspecified atom stereocenters. The summed E-state index contributed by atoms with van der Waals surface area (Å²) in [5.74, 6) is -1.77. The van der Waals surface area contributed by atoms with Crippen molar-refractivity contribution in [2.45, 2.75) is 24.3 Å². The lowest BCUT2D eigenvalue weighted by Gasteiger charge is -2.23. The number of methoxy groups -OCH3 is 2. The molecule has 0 fully saturated rings. The number of ether oxygens (including phenoxy) is 2. The molecule has 0 saturated carbocycles. The molecule has 0 radical (unpaired) electrons. The summed E-state index contributed by atoms with van der Waals surface area (Å²) in [7, 11) is -1.73. The van der Waals surface area contributed by atoms with Crippen LogP contribution in [0.2, 0.25) is 0 Å². The molecule has 1 N–H and O–H groups in total. The predicted molar refractivity (Wildman–Crippen MR) is 110 cm³/mol. The van der Waals surface area contributed by atoms with Gasteiger partial charge in [-0.2, -0.15) is 4.72 Å². The Kier molecular flexibility index (Phi) is 7.83. The van der Waals surface area contributed by atoms with E-state index in [-0.39, 0.29) is 10.6 Å². The number of nitro benzene ring substituents is 1. The van der Waals surface area contributed by atoms with Gasteiger partial charge in [-0.05, 0) is 42.2 Å². The summed E-state index contributed by atoms with van der Waals surface area (Å²) in [6, 6.07) is 9.61. The van der Waals surface area contributed by atoms with Crippen molar-refractivity contribution in [1.29, 1.82) is 0 Å². The summed E-state index contributed by atoms with van der Waals surface area (Å²) in [4.78, 5) is 33.7. The molecule has 0 saturated heterocycles. The molecule has 0 spiro atoms.